The van der Waals surface area contributed by atoms with Gasteiger partial charge in [0.05, 0.1) is 13.2 Å². The molecule has 330 valence electrons. The topological polar surface area (TPSA) is 116 Å². The SMILES string of the molecule is CCCCCCCCCCCCCCCCCCOC(=O)C(N)CSSC[C@@H](C(=O)OCCCCCCCCCCCCCCCCCC)N(C(C)=O)C(C)=O. The third-order valence-electron chi connectivity index (χ3n) is 10.6. The number of imide groups is 1. The van der Waals surface area contributed by atoms with Crippen molar-refractivity contribution >= 4 is 45.3 Å². The maximum absolute atomic E-state index is 13.0. The van der Waals surface area contributed by atoms with E-state index in [0.717, 1.165) is 43.4 Å². The lowest BCUT2D eigenvalue weighted by atomic mass is 10.0. The van der Waals surface area contributed by atoms with Crippen LogP contribution in [-0.4, -0.2) is 65.5 Å². The molecule has 1 unspecified atom stereocenters. The van der Waals surface area contributed by atoms with Crippen molar-refractivity contribution in [3.63, 3.8) is 0 Å². The number of amides is 2. The molecule has 0 aromatic rings. The smallest absolute Gasteiger partial charge is 0.330 e. The lowest BCUT2D eigenvalue weighted by Crippen LogP contribution is -2.49. The summed E-state index contributed by atoms with van der Waals surface area (Å²) in [6, 6.07) is -1.81. The third-order valence-corrected chi connectivity index (χ3v) is 13.0. The summed E-state index contributed by atoms with van der Waals surface area (Å²) in [5.41, 5.74) is 6.08. The van der Waals surface area contributed by atoms with Gasteiger partial charge in [-0.15, -0.1) is 0 Å². The predicted molar refractivity (Wildman–Crippen MR) is 241 cm³/mol. The van der Waals surface area contributed by atoms with Crippen molar-refractivity contribution in [2.45, 2.75) is 245 Å². The van der Waals surface area contributed by atoms with E-state index in [4.69, 9.17) is 15.2 Å². The molecule has 2 amide bonds. The number of unbranched alkanes of at least 4 members (excludes halogenated alkanes) is 30. The van der Waals surface area contributed by atoms with Gasteiger partial charge >= 0.3 is 11.9 Å². The number of nitrogens with zero attached hydrogens (tertiary/aromatic N) is 1. The highest BCUT2D eigenvalue weighted by molar-refractivity contribution is 8.76. The van der Waals surface area contributed by atoms with Crippen LogP contribution in [0, 0.1) is 0 Å². The standard InChI is InChI=1S/C46H88N2O6S2/c1-5-7-9-11-13-15-17-19-21-23-25-27-29-31-33-35-37-53-45(51)43(47)39-55-56-40-44(48(41(3)49)42(4)50)46(52)54-38-36-34-32-30-28-26-24-22-20-18-16-14-12-10-8-6-2/h43-44H,5-40,47H2,1-4H3/t43?,44-/m0/s1. The summed E-state index contributed by atoms with van der Waals surface area (Å²) in [6.07, 6.45) is 41.0. The van der Waals surface area contributed by atoms with Crippen molar-refractivity contribution in [2.75, 3.05) is 24.7 Å². The highest BCUT2D eigenvalue weighted by Crippen LogP contribution is 2.25. The monoisotopic (exact) mass is 829 g/mol. The molecule has 0 heterocycles. The molecule has 0 fully saturated rings. The Morgan fingerprint density at radius 3 is 1.00 bits per heavy atom. The second-order valence-corrected chi connectivity index (χ2v) is 18.6. The van der Waals surface area contributed by atoms with Crippen LogP contribution in [0.1, 0.15) is 233 Å². The molecule has 0 saturated heterocycles. The minimum Gasteiger partial charge on any atom is -0.465 e. The average molecular weight is 829 g/mol. The first-order valence-corrected chi connectivity index (χ1v) is 25.9. The molecule has 0 aliphatic carbocycles. The van der Waals surface area contributed by atoms with Crippen molar-refractivity contribution < 1.29 is 28.7 Å². The third kappa shape index (κ3) is 34.8. The molecule has 0 radical (unpaired) electrons. The fraction of sp³-hybridized carbons (Fsp3) is 0.913. The van der Waals surface area contributed by atoms with Gasteiger partial charge in [-0.1, -0.05) is 228 Å². The van der Waals surface area contributed by atoms with Crippen molar-refractivity contribution in [2.24, 2.45) is 5.73 Å². The normalized spacial score (nSPS) is 12.4. The zero-order valence-corrected chi connectivity index (χ0v) is 38.5. The molecule has 8 nitrogen and oxygen atoms in total. The Bertz CT molecular complexity index is 925. The van der Waals surface area contributed by atoms with Gasteiger partial charge in [0.15, 0.2) is 0 Å². The predicted octanol–water partition coefficient (Wildman–Crippen LogP) is 13.1. The zero-order chi connectivity index (χ0) is 41.3. The van der Waals surface area contributed by atoms with Gasteiger partial charge < -0.3 is 15.2 Å². The molecule has 0 bridgehead atoms. The average Bonchev–Trinajstić information content (AvgIpc) is 3.17. The largest absolute Gasteiger partial charge is 0.465 e. The van der Waals surface area contributed by atoms with Crippen LogP contribution in [-0.2, 0) is 28.7 Å². The molecule has 0 aliphatic rings. The summed E-state index contributed by atoms with van der Waals surface area (Å²) >= 11 is 0. The molecule has 0 rings (SSSR count). The summed E-state index contributed by atoms with van der Waals surface area (Å²) in [4.78, 5) is 51.0. The highest BCUT2D eigenvalue weighted by atomic mass is 33.1. The maximum Gasteiger partial charge on any atom is 0.330 e. The van der Waals surface area contributed by atoms with Gasteiger partial charge in [-0.25, -0.2) is 4.79 Å². The van der Waals surface area contributed by atoms with Gasteiger partial charge in [-0.3, -0.25) is 19.3 Å². The van der Waals surface area contributed by atoms with E-state index in [0.29, 0.717) is 12.4 Å². The number of ether oxygens (including phenoxy) is 2. The molecule has 0 aromatic heterocycles. The molecule has 2 N–H and O–H groups in total. The first kappa shape index (κ1) is 54.7. The van der Waals surface area contributed by atoms with Gasteiger partial charge in [0, 0.05) is 25.4 Å². The molecule has 0 aromatic carbocycles. The number of carbonyl (C=O) groups is 4. The van der Waals surface area contributed by atoms with Gasteiger partial charge in [0.1, 0.15) is 12.1 Å². The van der Waals surface area contributed by atoms with Crippen molar-refractivity contribution in [1.82, 2.24) is 4.90 Å². The van der Waals surface area contributed by atoms with E-state index in [-0.39, 0.29) is 12.4 Å². The Hall–Kier alpha value is -1.26. The van der Waals surface area contributed by atoms with E-state index in [2.05, 4.69) is 13.8 Å². The maximum atomic E-state index is 13.0. The quantitative estimate of drug-likeness (QED) is 0.0365. The molecule has 0 saturated carbocycles. The highest BCUT2D eigenvalue weighted by Gasteiger charge is 2.32. The lowest BCUT2D eigenvalue weighted by Gasteiger charge is -2.26. The fourth-order valence-corrected chi connectivity index (χ4v) is 9.35. The number of nitrogens with two attached hydrogens (primary N) is 1. The number of esters is 2. The minimum atomic E-state index is -1.03. The fourth-order valence-electron chi connectivity index (χ4n) is 7.06. The van der Waals surface area contributed by atoms with Gasteiger partial charge in [0.2, 0.25) is 11.8 Å². The Morgan fingerprint density at radius 2 is 0.696 bits per heavy atom. The molecule has 2 atom stereocenters. The minimum absolute atomic E-state index is 0.155. The number of rotatable bonds is 42. The van der Waals surface area contributed by atoms with E-state index in [1.165, 1.54) is 202 Å². The van der Waals surface area contributed by atoms with Crippen molar-refractivity contribution in [3.8, 4) is 0 Å². The van der Waals surface area contributed by atoms with Crippen LogP contribution in [0.2, 0.25) is 0 Å². The summed E-state index contributed by atoms with van der Waals surface area (Å²) in [5.74, 6) is -1.55. The number of hydrogen-bond donors (Lipinski definition) is 1. The number of carbonyl (C=O) groups excluding carboxylic acids is 4. The Labute approximate surface area is 353 Å². The van der Waals surface area contributed by atoms with Crippen LogP contribution in [0.15, 0.2) is 0 Å². The molecule has 56 heavy (non-hydrogen) atoms. The van der Waals surface area contributed by atoms with Gasteiger partial charge in [-0.2, -0.15) is 0 Å². The van der Waals surface area contributed by atoms with Crippen molar-refractivity contribution in [3.05, 3.63) is 0 Å². The molecule has 0 aliphatic heterocycles. The van der Waals surface area contributed by atoms with E-state index >= 15 is 0 Å². The van der Waals surface area contributed by atoms with Crippen LogP contribution in [0.25, 0.3) is 0 Å². The molecular formula is C46H88N2O6S2. The van der Waals surface area contributed by atoms with E-state index in [1.54, 1.807) is 0 Å². The first-order valence-electron chi connectivity index (χ1n) is 23.4. The summed E-state index contributed by atoms with van der Waals surface area (Å²) in [6.45, 7) is 7.74. The zero-order valence-electron chi connectivity index (χ0n) is 36.9. The molecule has 10 heteroatoms. The van der Waals surface area contributed by atoms with Crippen LogP contribution < -0.4 is 5.73 Å². The van der Waals surface area contributed by atoms with E-state index in [1.807, 2.05) is 0 Å². The lowest BCUT2D eigenvalue weighted by molar-refractivity contribution is -0.159. The summed E-state index contributed by atoms with van der Waals surface area (Å²) < 4.78 is 10.9. The van der Waals surface area contributed by atoms with Crippen LogP contribution in [0.3, 0.4) is 0 Å². The van der Waals surface area contributed by atoms with Crippen LogP contribution in [0.5, 0.6) is 0 Å². The molecule has 0 spiro atoms. The Balaban J connectivity index is 4.04. The van der Waals surface area contributed by atoms with Crippen LogP contribution >= 0.6 is 21.6 Å². The second-order valence-electron chi connectivity index (χ2n) is 16.0. The second kappa shape index (κ2) is 41.9. The first-order chi connectivity index (χ1) is 27.3. The molecular weight excluding hydrogens is 741 g/mol. The van der Waals surface area contributed by atoms with Gasteiger partial charge in [0.25, 0.3) is 0 Å². The van der Waals surface area contributed by atoms with Gasteiger partial charge in [-0.05, 0) is 12.8 Å². The summed E-state index contributed by atoms with van der Waals surface area (Å²) in [7, 11) is 2.62. The Kier molecular flexibility index (Phi) is 40.9. The van der Waals surface area contributed by atoms with E-state index in [9.17, 15) is 19.2 Å². The Morgan fingerprint density at radius 1 is 0.429 bits per heavy atom. The number of hydrogen-bond acceptors (Lipinski definition) is 9. The summed E-state index contributed by atoms with van der Waals surface area (Å²) in [5, 5.41) is 0. The van der Waals surface area contributed by atoms with Crippen LogP contribution in [0.4, 0.5) is 0 Å². The van der Waals surface area contributed by atoms with E-state index < -0.39 is 35.8 Å². The van der Waals surface area contributed by atoms with Crippen molar-refractivity contribution in [1.29, 1.82) is 0 Å².